The van der Waals surface area contributed by atoms with E-state index in [1.165, 1.54) is 0 Å². The lowest BCUT2D eigenvalue weighted by atomic mass is 10.4. The highest BCUT2D eigenvalue weighted by atomic mass is 32.1. The molecule has 0 saturated carbocycles. The van der Waals surface area contributed by atoms with Gasteiger partial charge in [-0.2, -0.15) is 0 Å². The molecule has 0 aromatic rings. The monoisotopic (exact) mass is 424 g/mol. The minimum atomic E-state index is -0.241. The van der Waals surface area contributed by atoms with E-state index in [-0.39, 0.29) is 27.9 Å². The molecule has 0 unspecified atom stereocenters. The summed E-state index contributed by atoms with van der Waals surface area (Å²) in [6, 6.07) is 0. The van der Waals surface area contributed by atoms with Gasteiger partial charge in [0, 0.05) is 0 Å². The van der Waals surface area contributed by atoms with Crippen LogP contribution in [0.4, 0.5) is 0 Å². The zero-order valence-electron chi connectivity index (χ0n) is 14.3. The number of carbonyl (C=O) groups is 4. The molecule has 0 atom stereocenters. The summed E-state index contributed by atoms with van der Waals surface area (Å²) in [5.41, 5.74) is 1.94. The van der Waals surface area contributed by atoms with Gasteiger partial charge in [-0.15, -0.1) is 50.5 Å². The Morgan fingerprint density at radius 3 is 0.520 bits per heavy atom. The van der Waals surface area contributed by atoms with Gasteiger partial charge in [-0.1, -0.05) is 33.7 Å². The quantitative estimate of drug-likeness (QED) is 0.390. The predicted octanol–water partition coefficient (Wildman–Crippen LogP) is 4.71. The Bertz CT molecular complexity index is 391. The molecular formula is C17H28O4S4. The second-order valence-electron chi connectivity index (χ2n) is 4.34. The summed E-state index contributed by atoms with van der Waals surface area (Å²) in [5.74, 6) is 0. The first-order valence-electron chi connectivity index (χ1n) is 6.13. The Morgan fingerprint density at radius 2 is 0.520 bits per heavy atom. The lowest BCUT2D eigenvalue weighted by Gasteiger charge is -1.79. The highest BCUT2D eigenvalue weighted by Gasteiger charge is 1.88. The van der Waals surface area contributed by atoms with Gasteiger partial charge in [0.1, 0.15) is 0 Å². The summed E-state index contributed by atoms with van der Waals surface area (Å²) in [6.45, 7) is 19.8. The molecule has 0 radical (unpaired) electrons. The van der Waals surface area contributed by atoms with Crippen LogP contribution in [-0.4, -0.2) is 20.5 Å². The molecule has 0 aromatic carbocycles. The fraction of sp³-hybridized carbons (Fsp3) is 0.294. The number of hydrogen-bond donors (Lipinski definition) is 4. The van der Waals surface area contributed by atoms with Crippen LogP contribution in [0.5, 0.6) is 0 Å². The summed E-state index contributed by atoms with van der Waals surface area (Å²) in [5, 5.41) is -0.963. The van der Waals surface area contributed by atoms with E-state index < -0.39 is 0 Å². The van der Waals surface area contributed by atoms with Gasteiger partial charge in [-0.3, -0.25) is 19.2 Å². The zero-order valence-corrected chi connectivity index (χ0v) is 17.8. The van der Waals surface area contributed by atoms with Crippen LogP contribution < -0.4 is 0 Å². The van der Waals surface area contributed by atoms with E-state index in [2.05, 4.69) is 76.8 Å². The minimum absolute atomic E-state index is 0. The molecule has 25 heavy (non-hydrogen) atoms. The average Bonchev–Trinajstić information content (AvgIpc) is 2.40. The SMILES string of the molecule is C.C=C(C)C(=O)S.C=C(C)C(=O)S.C=C(C)C(=O)S.C=C(C)C(=O)S. The number of carbonyl (C=O) groups excluding carboxylic acids is 4. The highest BCUT2D eigenvalue weighted by Crippen LogP contribution is 1.92. The van der Waals surface area contributed by atoms with Gasteiger partial charge in [-0.25, -0.2) is 0 Å². The number of thiol groups is 4. The van der Waals surface area contributed by atoms with Crippen LogP contribution in [0.1, 0.15) is 35.1 Å². The van der Waals surface area contributed by atoms with Crippen molar-refractivity contribution in [3.05, 3.63) is 48.6 Å². The van der Waals surface area contributed by atoms with E-state index in [9.17, 15) is 19.2 Å². The Morgan fingerprint density at radius 1 is 0.480 bits per heavy atom. The smallest absolute Gasteiger partial charge is 0.211 e. The topological polar surface area (TPSA) is 68.3 Å². The van der Waals surface area contributed by atoms with Gasteiger partial charge < -0.3 is 0 Å². The third-order valence-corrected chi connectivity index (χ3v) is 2.99. The number of rotatable bonds is 4. The van der Waals surface area contributed by atoms with E-state index in [0.717, 1.165) is 0 Å². The fourth-order valence-electron chi connectivity index (χ4n) is 0. The van der Waals surface area contributed by atoms with Crippen LogP contribution in [0.2, 0.25) is 0 Å². The van der Waals surface area contributed by atoms with Crippen molar-refractivity contribution in [3.8, 4) is 0 Å². The van der Waals surface area contributed by atoms with Gasteiger partial charge in [0.25, 0.3) is 0 Å². The molecule has 0 amide bonds. The molecule has 0 N–H and O–H groups in total. The van der Waals surface area contributed by atoms with Crippen LogP contribution in [0.15, 0.2) is 48.6 Å². The van der Waals surface area contributed by atoms with Crippen LogP contribution in [0.3, 0.4) is 0 Å². The summed E-state index contributed by atoms with van der Waals surface area (Å²) >= 11 is 13.8. The van der Waals surface area contributed by atoms with Gasteiger partial charge >= 0.3 is 0 Å². The first kappa shape index (κ1) is 35.2. The first-order valence-corrected chi connectivity index (χ1v) is 7.91. The summed E-state index contributed by atoms with van der Waals surface area (Å²) < 4.78 is 0. The zero-order chi connectivity index (χ0) is 20.6. The highest BCUT2D eigenvalue weighted by molar-refractivity contribution is 7.97. The van der Waals surface area contributed by atoms with E-state index >= 15 is 0 Å². The van der Waals surface area contributed by atoms with E-state index in [0.29, 0.717) is 22.3 Å². The Labute approximate surface area is 173 Å². The van der Waals surface area contributed by atoms with Crippen LogP contribution in [-0.2, 0) is 19.2 Å². The molecule has 0 saturated heterocycles. The van der Waals surface area contributed by atoms with Crippen molar-refractivity contribution in [2.24, 2.45) is 0 Å². The predicted molar refractivity (Wildman–Crippen MR) is 122 cm³/mol. The summed E-state index contributed by atoms with van der Waals surface area (Å²) in [6.07, 6.45) is 0. The van der Waals surface area contributed by atoms with Crippen molar-refractivity contribution in [1.29, 1.82) is 0 Å². The largest absolute Gasteiger partial charge is 0.282 e. The second kappa shape index (κ2) is 21.1. The van der Waals surface area contributed by atoms with E-state index in [1.807, 2.05) is 0 Å². The van der Waals surface area contributed by atoms with Gasteiger partial charge in [0.05, 0.1) is 0 Å². The van der Waals surface area contributed by atoms with Crippen molar-refractivity contribution < 1.29 is 19.2 Å². The Kier molecular flexibility index (Phi) is 29.7. The van der Waals surface area contributed by atoms with Crippen molar-refractivity contribution in [2.45, 2.75) is 35.1 Å². The Balaban J connectivity index is -0.0000000702. The molecule has 4 nitrogen and oxygen atoms in total. The van der Waals surface area contributed by atoms with Gasteiger partial charge in [-0.05, 0) is 50.0 Å². The average molecular weight is 425 g/mol. The number of hydrogen-bond acceptors (Lipinski definition) is 4. The maximum absolute atomic E-state index is 9.91. The fourth-order valence-corrected chi connectivity index (χ4v) is 0. The third-order valence-electron chi connectivity index (χ3n) is 1.46. The maximum Gasteiger partial charge on any atom is 0.211 e. The lowest BCUT2D eigenvalue weighted by molar-refractivity contribution is -0.108. The molecular weight excluding hydrogens is 396 g/mol. The minimum Gasteiger partial charge on any atom is -0.282 e. The van der Waals surface area contributed by atoms with Gasteiger partial charge in [0.2, 0.25) is 20.5 Å². The van der Waals surface area contributed by atoms with Crippen molar-refractivity contribution in [2.75, 3.05) is 0 Å². The molecule has 0 fully saturated rings. The van der Waals surface area contributed by atoms with Crippen molar-refractivity contribution in [3.63, 3.8) is 0 Å². The maximum atomic E-state index is 9.91. The molecule has 0 spiro atoms. The molecule has 144 valence electrons. The molecule has 0 rings (SSSR count). The standard InChI is InChI=1S/4C4H6OS.CH4/c4*1-3(2)4(5)6;/h4*1H2,2H3,(H,5,6);1H4. The molecule has 0 aliphatic carbocycles. The normalized spacial score (nSPS) is 7.36. The van der Waals surface area contributed by atoms with Crippen LogP contribution in [0, 0.1) is 0 Å². The Hall–Kier alpha value is -0.960. The third kappa shape index (κ3) is 45.1. The molecule has 0 bridgehead atoms. The molecule has 0 aromatic heterocycles. The van der Waals surface area contributed by atoms with Crippen molar-refractivity contribution >= 4 is 71.0 Å². The summed E-state index contributed by atoms with van der Waals surface area (Å²) in [4.78, 5) is 39.6. The van der Waals surface area contributed by atoms with E-state index in [4.69, 9.17) is 0 Å². The summed E-state index contributed by atoms with van der Waals surface area (Å²) in [7, 11) is 0. The molecule has 0 aliphatic rings. The van der Waals surface area contributed by atoms with E-state index in [1.54, 1.807) is 27.7 Å². The van der Waals surface area contributed by atoms with Crippen LogP contribution in [0.25, 0.3) is 0 Å². The van der Waals surface area contributed by atoms with Crippen molar-refractivity contribution in [1.82, 2.24) is 0 Å². The molecule has 0 heterocycles. The first-order chi connectivity index (χ1) is 10.6. The molecule has 0 aliphatic heterocycles. The van der Waals surface area contributed by atoms with Crippen LogP contribution >= 0.6 is 50.5 Å². The van der Waals surface area contributed by atoms with Gasteiger partial charge in [0.15, 0.2) is 0 Å². The second-order valence-corrected chi connectivity index (χ2v) is 5.97. The molecule has 8 heteroatoms. The lowest BCUT2D eigenvalue weighted by Crippen LogP contribution is -1.81.